The maximum atomic E-state index is 12.7. The molecule has 6 nitrogen and oxygen atoms in total. The molecule has 1 amide bonds. The number of hydrogen-bond acceptors (Lipinski definition) is 5. The van der Waals surface area contributed by atoms with Crippen molar-refractivity contribution < 1.29 is 4.79 Å². The van der Waals surface area contributed by atoms with Crippen molar-refractivity contribution in [3.8, 4) is 11.4 Å². The van der Waals surface area contributed by atoms with E-state index in [4.69, 9.17) is 0 Å². The average Bonchev–Trinajstić information content (AvgIpc) is 3.34. The molecule has 0 saturated carbocycles. The lowest BCUT2D eigenvalue weighted by Crippen LogP contribution is -2.41. The fourth-order valence-corrected chi connectivity index (χ4v) is 4.42. The molecule has 0 aliphatic carbocycles. The Labute approximate surface area is 162 Å². The number of thiophene rings is 1. The van der Waals surface area contributed by atoms with Crippen molar-refractivity contribution >= 4 is 17.2 Å². The number of rotatable bonds is 5. The first-order valence-electron chi connectivity index (χ1n) is 9.27. The number of likely N-dealkylation sites (tertiary alicyclic amines) is 1. The number of amides is 1. The van der Waals surface area contributed by atoms with Gasteiger partial charge in [0.15, 0.2) is 0 Å². The molecule has 0 aromatic carbocycles. The van der Waals surface area contributed by atoms with Crippen LogP contribution in [0.15, 0.2) is 42.4 Å². The second-order valence-corrected chi connectivity index (χ2v) is 8.08. The van der Waals surface area contributed by atoms with Crippen LogP contribution in [0.3, 0.4) is 0 Å². The second kappa shape index (κ2) is 8.00. The summed E-state index contributed by atoms with van der Waals surface area (Å²) in [6.07, 6.45) is 10.6. The van der Waals surface area contributed by atoms with Crippen molar-refractivity contribution in [2.45, 2.75) is 25.7 Å². The zero-order valence-corrected chi connectivity index (χ0v) is 16.2. The SMILES string of the molecule is Cn1cncc1-c1nccnc1CC1CCCN(C(=O)Cc2cccs2)C1. The van der Waals surface area contributed by atoms with Gasteiger partial charge in [-0.3, -0.25) is 14.8 Å². The molecule has 3 aromatic rings. The van der Waals surface area contributed by atoms with Gasteiger partial charge in [0.2, 0.25) is 5.91 Å². The smallest absolute Gasteiger partial charge is 0.227 e. The van der Waals surface area contributed by atoms with E-state index in [1.165, 1.54) is 0 Å². The molecule has 1 atom stereocenters. The lowest BCUT2D eigenvalue weighted by atomic mass is 9.92. The molecule has 140 valence electrons. The van der Waals surface area contributed by atoms with Crippen molar-refractivity contribution in [1.29, 1.82) is 0 Å². The first-order chi connectivity index (χ1) is 13.2. The van der Waals surface area contributed by atoms with Crippen LogP contribution in [0, 0.1) is 5.92 Å². The Balaban J connectivity index is 1.46. The third-order valence-electron chi connectivity index (χ3n) is 5.09. The van der Waals surface area contributed by atoms with Crippen LogP contribution in [0.1, 0.15) is 23.4 Å². The van der Waals surface area contributed by atoms with Crippen molar-refractivity contribution in [1.82, 2.24) is 24.4 Å². The lowest BCUT2D eigenvalue weighted by Gasteiger charge is -2.33. The van der Waals surface area contributed by atoms with E-state index in [0.717, 1.165) is 54.3 Å². The third-order valence-corrected chi connectivity index (χ3v) is 5.97. The monoisotopic (exact) mass is 381 g/mol. The third kappa shape index (κ3) is 4.08. The molecule has 0 bridgehead atoms. The summed E-state index contributed by atoms with van der Waals surface area (Å²) in [6, 6.07) is 4.03. The van der Waals surface area contributed by atoms with Gasteiger partial charge < -0.3 is 9.47 Å². The largest absolute Gasteiger partial charge is 0.342 e. The maximum Gasteiger partial charge on any atom is 0.227 e. The minimum absolute atomic E-state index is 0.230. The van der Waals surface area contributed by atoms with Gasteiger partial charge in [0.1, 0.15) is 5.69 Å². The van der Waals surface area contributed by atoms with Gasteiger partial charge in [-0.25, -0.2) is 4.98 Å². The summed E-state index contributed by atoms with van der Waals surface area (Å²) in [6.45, 7) is 1.65. The Morgan fingerprint density at radius 1 is 1.33 bits per heavy atom. The van der Waals surface area contributed by atoms with Gasteiger partial charge >= 0.3 is 0 Å². The van der Waals surface area contributed by atoms with Crippen LogP contribution in [-0.2, 0) is 24.7 Å². The molecule has 1 fully saturated rings. The van der Waals surface area contributed by atoms with E-state index in [1.807, 2.05) is 40.2 Å². The molecule has 0 N–H and O–H groups in total. The van der Waals surface area contributed by atoms with E-state index in [1.54, 1.807) is 30.1 Å². The minimum atomic E-state index is 0.230. The summed E-state index contributed by atoms with van der Waals surface area (Å²) in [7, 11) is 1.96. The highest BCUT2D eigenvalue weighted by molar-refractivity contribution is 7.10. The zero-order chi connectivity index (χ0) is 18.6. The van der Waals surface area contributed by atoms with Gasteiger partial charge in [-0.2, -0.15) is 0 Å². The van der Waals surface area contributed by atoms with Gasteiger partial charge in [-0.05, 0) is 36.6 Å². The predicted octanol–water partition coefficient (Wildman–Crippen LogP) is 2.96. The second-order valence-electron chi connectivity index (χ2n) is 7.05. The molecule has 3 aromatic heterocycles. The Hall–Kier alpha value is -2.54. The summed E-state index contributed by atoms with van der Waals surface area (Å²) in [5.41, 5.74) is 2.85. The van der Waals surface area contributed by atoms with Crippen molar-refractivity contribution in [3.05, 3.63) is 53.0 Å². The molecule has 0 spiro atoms. The summed E-state index contributed by atoms with van der Waals surface area (Å²) in [5.74, 6) is 0.642. The highest BCUT2D eigenvalue weighted by Gasteiger charge is 2.25. The normalized spacial score (nSPS) is 17.2. The standard InChI is InChI=1S/C20H23N5OS/c1-24-14-21-12-18(24)20-17(22-6-7-23-20)10-15-4-2-8-25(13-15)19(26)11-16-5-3-9-27-16/h3,5-7,9,12,14-15H,2,4,8,10-11,13H2,1H3. The van der Waals surface area contributed by atoms with Gasteiger partial charge in [0.05, 0.1) is 30.3 Å². The Morgan fingerprint density at radius 3 is 3.00 bits per heavy atom. The first-order valence-corrected chi connectivity index (χ1v) is 10.2. The fraction of sp³-hybridized carbons (Fsp3) is 0.400. The highest BCUT2D eigenvalue weighted by Crippen LogP contribution is 2.26. The average molecular weight is 382 g/mol. The summed E-state index contributed by atoms with van der Waals surface area (Å²) >= 11 is 1.65. The number of piperidine rings is 1. The summed E-state index contributed by atoms with van der Waals surface area (Å²) in [4.78, 5) is 29.2. The number of imidazole rings is 1. The van der Waals surface area contributed by atoms with Crippen LogP contribution in [0.5, 0.6) is 0 Å². The number of aromatic nitrogens is 4. The van der Waals surface area contributed by atoms with E-state index in [2.05, 4.69) is 15.0 Å². The van der Waals surface area contributed by atoms with Crippen LogP contribution in [-0.4, -0.2) is 43.4 Å². The molecule has 1 unspecified atom stereocenters. The van der Waals surface area contributed by atoms with E-state index in [0.29, 0.717) is 12.3 Å². The molecule has 0 radical (unpaired) electrons. The molecular formula is C20H23N5OS. The van der Waals surface area contributed by atoms with Crippen molar-refractivity contribution in [2.75, 3.05) is 13.1 Å². The molecule has 4 rings (SSSR count). The van der Waals surface area contributed by atoms with E-state index in [-0.39, 0.29) is 5.91 Å². The van der Waals surface area contributed by atoms with E-state index < -0.39 is 0 Å². The molecule has 7 heteroatoms. The van der Waals surface area contributed by atoms with Crippen LogP contribution >= 0.6 is 11.3 Å². The van der Waals surface area contributed by atoms with Crippen LogP contribution in [0.2, 0.25) is 0 Å². The Bertz CT molecular complexity index is 905. The Morgan fingerprint density at radius 2 is 2.22 bits per heavy atom. The molecular weight excluding hydrogens is 358 g/mol. The van der Waals surface area contributed by atoms with Crippen molar-refractivity contribution in [2.24, 2.45) is 13.0 Å². The number of aryl methyl sites for hydroxylation is 1. The van der Waals surface area contributed by atoms with Gasteiger partial charge in [-0.1, -0.05) is 6.07 Å². The predicted molar refractivity (Wildman–Crippen MR) is 105 cm³/mol. The minimum Gasteiger partial charge on any atom is -0.342 e. The number of hydrogen-bond donors (Lipinski definition) is 0. The summed E-state index contributed by atoms with van der Waals surface area (Å²) in [5, 5.41) is 2.02. The topological polar surface area (TPSA) is 63.9 Å². The van der Waals surface area contributed by atoms with E-state index >= 15 is 0 Å². The van der Waals surface area contributed by atoms with Gasteiger partial charge in [-0.15, -0.1) is 11.3 Å². The van der Waals surface area contributed by atoms with Gasteiger partial charge in [0.25, 0.3) is 0 Å². The quantitative estimate of drug-likeness (QED) is 0.682. The zero-order valence-electron chi connectivity index (χ0n) is 15.4. The van der Waals surface area contributed by atoms with Crippen LogP contribution < -0.4 is 0 Å². The fourth-order valence-electron chi connectivity index (χ4n) is 3.72. The first kappa shape index (κ1) is 17.9. The summed E-state index contributed by atoms with van der Waals surface area (Å²) < 4.78 is 1.96. The van der Waals surface area contributed by atoms with Crippen LogP contribution in [0.4, 0.5) is 0 Å². The molecule has 4 heterocycles. The lowest BCUT2D eigenvalue weighted by molar-refractivity contribution is -0.132. The Kier molecular flexibility index (Phi) is 5.29. The van der Waals surface area contributed by atoms with Crippen molar-refractivity contribution in [3.63, 3.8) is 0 Å². The maximum absolute atomic E-state index is 12.7. The number of nitrogens with zero attached hydrogens (tertiary/aromatic N) is 5. The highest BCUT2D eigenvalue weighted by atomic mass is 32.1. The number of carbonyl (C=O) groups excluding carboxylic acids is 1. The molecule has 1 saturated heterocycles. The van der Waals surface area contributed by atoms with Gasteiger partial charge in [0, 0.05) is 37.4 Å². The van der Waals surface area contributed by atoms with Crippen LogP contribution in [0.25, 0.3) is 11.4 Å². The number of carbonyl (C=O) groups is 1. The molecule has 27 heavy (non-hydrogen) atoms. The molecule has 1 aliphatic rings. The molecule has 1 aliphatic heterocycles. The van der Waals surface area contributed by atoms with E-state index in [9.17, 15) is 4.79 Å².